The second kappa shape index (κ2) is 6.88. The second-order valence-corrected chi connectivity index (χ2v) is 11.4. The maximum Gasteiger partial charge on any atom is 0.335 e. The van der Waals surface area contributed by atoms with Crippen LogP contribution >= 0.6 is 11.8 Å². The lowest BCUT2D eigenvalue weighted by molar-refractivity contribution is 0.0383. The maximum atomic E-state index is 11.2. The van der Waals surface area contributed by atoms with Crippen LogP contribution < -0.4 is 0 Å². The molecule has 2 nitrogen and oxygen atoms in total. The Morgan fingerprint density at radius 1 is 0.767 bits per heavy atom. The molecule has 4 saturated carbocycles. The highest BCUT2D eigenvalue weighted by Gasteiger charge is 2.51. The first-order valence-corrected chi connectivity index (χ1v) is 11.9. The summed E-state index contributed by atoms with van der Waals surface area (Å²) in [6.07, 6.45) is 8.76. The van der Waals surface area contributed by atoms with Gasteiger partial charge in [-0.1, -0.05) is 30.3 Å². The maximum absolute atomic E-state index is 11.2. The Balaban J connectivity index is 1.24. The van der Waals surface area contributed by atoms with E-state index >= 15 is 0 Å². The Kier molecular flexibility index (Phi) is 4.24. The van der Waals surface area contributed by atoms with Crippen LogP contribution in [0.3, 0.4) is 0 Å². The van der Waals surface area contributed by atoms with Crippen LogP contribution in [0.15, 0.2) is 65.6 Å². The fourth-order valence-electron chi connectivity index (χ4n) is 6.68. The molecule has 0 saturated heterocycles. The summed E-state index contributed by atoms with van der Waals surface area (Å²) in [4.78, 5) is 12.6. The van der Waals surface area contributed by atoms with Crippen LogP contribution in [0.4, 0.5) is 0 Å². The predicted molar refractivity (Wildman–Crippen MR) is 123 cm³/mol. The van der Waals surface area contributed by atoms with Gasteiger partial charge in [0.1, 0.15) is 0 Å². The smallest absolute Gasteiger partial charge is 0.335 e. The van der Waals surface area contributed by atoms with Crippen molar-refractivity contribution in [2.75, 3.05) is 0 Å². The standard InChI is InChI=1S/C27H26O2S/c28-26(29)24-4-3-22-12-21(1-2-23(22)13-24)20-5-7-25(8-6-20)30-27-14-17-9-18(15-27)11-19(10-17)16-27/h1-8,12-13,17-19H,9-11,14-16H2,(H,28,29). The molecule has 0 unspecified atom stereocenters. The lowest BCUT2D eigenvalue weighted by atomic mass is 9.56. The minimum atomic E-state index is -0.881. The van der Waals surface area contributed by atoms with E-state index in [1.807, 2.05) is 12.1 Å². The van der Waals surface area contributed by atoms with E-state index < -0.39 is 5.97 Å². The molecule has 4 fully saturated rings. The molecule has 152 valence electrons. The number of fused-ring (bicyclic) bond motifs is 1. The normalized spacial score (nSPS) is 29.4. The predicted octanol–water partition coefficient (Wildman–Crippen LogP) is 7.27. The number of hydrogen-bond donors (Lipinski definition) is 1. The van der Waals surface area contributed by atoms with Gasteiger partial charge in [-0.3, -0.25) is 0 Å². The molecule has 0 atom stereocenters. The number of hydrogen-bond acceptors (Lipinski definition) is 2. The fourth-order valence-corrected chi connectivity index (χ4v) is 8.41. The van der Waals surface area contributed by atoms with Crippen molar-refractivity contribution in [1.82, 2.24) is 0 Å². The van der Waals surface area contributed by atoms with E-state index in [1.165, 1.54) is 54.5 Å². The summed E-state index contributed by atoms with van der Waals surface area (Å²) < 4.78 is 0.501. The Morgan fingerprint density at radius 2 is 1.33 bits per heavy atom. The molecule has 4 bridgehead atoms. The molecular weight excluding hydrogens is 388 g/mol. The summed E-state index contributed by atoms with van der Waals surface area (Å²) >= 11 is 2.16. The van der Waals surface area contributed by atoms with Crippen molar-refractivity contribution in [2.45, 2.75) is 48.2 Å². The molecule has 0 radical (unpaired) electrons. The molecule has 30 heavy (non-hydrogen) atoms. The minimum absolute atomic E-state index is 0.335. The molecule has 4 aliphatic rings. The summed E-state index contributed by atoms with van der Waals surface area (Å²) in [5, 5.41) is 11.2. The van der Waals surface area contributed by atoms with Gasteiger partial charge in [0.05, 0.1) is 5.56 Å². The van der Waals surface area contributed by atoms with Gasteiger partial charge in [-0.25, -0.2) is 4.79 Å². The molecule has 0 aliphatic heterocycles. The first-order chi connectivity index (χ1) is 14.6. The van der Waals surface area contributed by atoms with Crippen molar-refractivity contribution in [3.63, 3.8) is 0 Å². The zero-order valence-corrected chi connectivity index (χ0v) is 17.8. The lowest BCUT2D eigenvalue weighted by Crippen LogP contribution is -2.48. The van der Waals surface area contributed by atoms with Gasteiger partial charge < -0.3 is 5.11 Å². The number of carboxylic acids is 1. The molecule has 7 rings (SSSR count). The van der Waals surface area contributed by atoms with E-state index in [0.717, 1.165) is 28.5 Å². The van der Waals surface area contributed by atoms with Gasteiger partial charge in [0.25, 0.3) is 0 Å². The first-order valence-electron chi connectivity index (χ1n) is 11.1. The van der Waals surface area contributed by atoms with Crippen molar-refractivity contribution < 1.29 is 9.90 Å². The van der Waals surface area contributed by atoms with Gasteiger partial charge in [0.15, 0.2) is 0 Å². The van der Waals surface area contributed by atoms with Crippen molar-refractivity contribution in [3.05, 3.63) is 66.2 Å². The highest BCUT2D eigenvalue weighted by molar-refractivity contribution is 8.00. The summed E-state index contributed by atoms with van der Waals surface area (Å²) in [6, 6.07) is 20.7. The van der Waals surface area contributed by atoms with Crippen LogP contribution in [0, 0.1) is 17.8 Å². The van der Waals surface area contributed by atoms with Crippen molar-refractivity contribution in [2.24, 2.45) is 17.8 Å². The summed E-state index contributed by atoms with van der Waals surface area (Å²) in [7, 11) is 0. The SMILES string of the molecule is O=C(O)c1ccc2cc(-c3ccc(SC45CC6CC(CC(C6)C4)C5)cc3)ccc2c1. The number of aromatic carboxylic acids is 1. The molecule has 1 N–H and O–H groups in total. The van der Waals surface area contributed by atoms with E-state index in [-0.39, 0.29) is 0 Å². The molecule has 3 aromatic carbocycles. The van der Waals surface area contributed by atoms with Crippen LogP contribution in [0.2, 0.25) is 0 Å². The molecule has 0 spiro atoms. The summed E-state index contributed by atoms with van der Waals surface area (Å²) in [5.41, 5.74) is 2.73. The van der Waals surface area contributed by atoms with Gasteiger partial charge in [0, 0.05) is 9.64 Å². The fraction of sp³-hybridized carbons (Fsp3) is 0.370. The van der Waals surface area contributed by atoms with Crippen molar-refractivity contribution in [1.29, 1.82) is 0 Å². The van der Waals surface area contributed by atoms with Crippen molar-refractivity contribution >= 4 is 28.5 Å². The van der Waals surface area contributed by atoms with Crippen LogP contribution in [-0.4, -0.2) is 15.8 Å². The number of rotatable bonds is 4. The number of benzene rings is 3. The Bertz CT molecular complexity index is 1100. The van der Waals surface area contributed by atoms with E-state index in [1.54, 1.807) is 12.1 Å². The molecule has 0 amide bonds. The topological polar surface area (TPSA) is 37.3 Å². The third-order valence-corrected chi connectivity index (χ3v) is 9.03. The highest BCUT2D eigenvalue weighted by Crippen LogP contribution is 2.61. The van der Waals surface area contributed by atoms with E-state index in [4.69, 9.17) is 0 Å². The van der Waals surface area contributed by atoms with Crippen LogP contribution in [0.5, 0.6) is 0 Å². The van der Waals surface area contributed by atoms with Gasteiger partial charge in [-0.15, -0.1) is 11.8 Å². The zero-order valence-electron chi connectivity index (χ0n) is 17.0. The van der Waals surface area contributed by atoms with Crippen molar-refractivity contribution in [3.8, 4) is 11.1 Å². The van der Waals surface area contributed by atoms with E-state index in [9.17, 15) is 9.90 Å². The van der Waals surface area contributed by atoms with Crippen LogP contribution in [0.1, 0.15) is 48.9 Å². The molecule has 0 aromatic heterocycles. The average molecular weight is 415 g/mol. The minimum Gasteiger partial charge on any atom is -0.478 e. The van der Waals surface area contributed by atoms with E-state index in [2.05, 4.69) is 48.2 Å². The largest absolute Gasteiger partial charge is 0.478 e. The van der Waals surface area contributed by atoms with Gasteiger partial charge in [-0.05, 0) is 109 Å². The Morgan fingerprint density at radius 3 is 1.97 bits per heavy atom. The highest BCUT2D eigenvalue weighted by atomic mass is 32.2. The van der Waals surface area contributed by atoms with Gasteiger partial charge in [0.2, 0.25) is 0 Å². The zero-order chi connectivity index (χ0) is 20.3. The van der Waals surface area contributed by atoms with E-state index in [0.29, 0.717) is 10.3 Å². The molecule has 3 aromatic rings. The first kappa shape index (κ1) is 18.5. The number of carboxylic acid groups (broad SMARTS) is 1. The molecular formula is C27H26O2S. The third kappa shape index (κ3) is 3.24. The summed E-state index contributed by atoms with van der Waals surface area (Å²) in [6.45, 7) is 0. The number of thioether (sulfide) groups is 1. The van der Waals surface area contributed by atoms with Gasteiger partial charge >= 0.3 is 5.97 Å². The third-order valence-electron chi connectivity index (χ3n) is 7.59. The summed E-state index contributed by atoms with van der Waals surface area (Å²) in [5.74, 6) is 2.08. The van der Waals surface area contributed by atoms with Crippen LogP contribution in [-0.2, 0) is 0 Å². The second-order valence-electron chi connectivity index (χ2n) is 9.81. The molecule has 4 aliphatic carbocycles. The average Bonchev–Trinajstić information content (AvgIpc) is 2.72. The lowest BCUT2D eigenvalue weighted by Gasteiger charge is -2.56. The Hall–Kier alpha value is -2.26. The van der Waals surface area contributed by atoms with Gasteiger partial charge in [-0.2, -0.15) is 0 Å². The quantitative estimate of drug-likeness (QED) is 0.488. The Labute approximate surface area is 181 Å². The molecule has 3 heteroatoms. The number of carbonyl (C=O) groups is 1. The van der Waals surface area contributed by atoms with Crippen LogP contribution in [0.25, 0.3) is 21.9 Å². The monoisotopic (exact) mass is 414 g/mol. The molecule has 0 heterocycles.